The molecule has 0 radical (unpaired) electrons. The molecule has 0 heterocycles. The summed E-state index contributed by atoms with van der Waals surface area (Å²) >= 11 is 0. The van der Waals surface area contributed by atoms with E-state index in [-0.39, 0.29) is 17.8 Å². The molecule has 0 amide bonds. The molecule has 2 aromatic carbocycles. The van der Waals surface area contributed by atoms with Gasteiger partial charge in [0.25, 0.3) is 0 Å². The van der Waals surface area contributed by atoms with Crippen LogP contribution in [-0.4, -0.2) is 17.2 Å². The molecule has 2 rings (SSSR count). The summed E-state index contributed by atoms with van der Waals surface area (Å²) in [6.45, 7) is -0.0853. The van der Waals surface area contributed by atoms with Gasteiger partial charge in [0, 0.05) is 11.0 Å². The number of halogens is 2. The van der Waals surface area contributed by atoms with Gasteiger partial charge in [-0.1, -0.05) is 18.2 Å². The van der Waals surface area contributed by atoms with E-state index in [1.165, 1.54) is 12.1 Å². The van der Waals surface area contributed by atoms with Crippen molar-refractivity contribution in [2.24, 2.45) is 0 Å². The van der Waals surface area contributed by atoms with Gasteiger partial charge in [-0.2, -0.15) is 0 Å². The Hall–Kier alpha value is -1.92. The summed E-state index contributed by atoms with van der Waals surface area (Å²) in [5.41, 5.74) is 0.224. The summed E-state index contributed by atoms with van der Waals surface area (Å²) in [6.07, 6.45) is 0. The van der Waals surface area contributed by atoms with Crippen molar-refractivity contribution in [1.82, 2.24) is 0 Å². The van der Waals surface area contributed by atoms with Gasteiger partial charge in [0.05, 0.1) is 0 Å². The smallest absolute Gasteiger partial charge is 0.489 e. The Balaban J connectivity index is 2.18. The zero-order valence-corrected chi connectivity index (χ0v) is 9.88. The lowest BCUT2D eigenvalue weighted by Gasteiger charge is -2.11. The van der Waals surface area contributed by atoms with E-state index in [2.05, 4.69) is 0 Å². The lowest BCUT2D eigenvalue weighted by Crippen LogP contribution is -2.31. The van der Waals surface area contributed by atoms with E-state index in [0.29, 0.717) is 5.56 Å². The monoisotopic (exact) mass is 264 g/mol. The van der Waals surface area contributed by atoms with Crippen molar-refractivity contribution in [3.63, 3.8) is 0 Å². The summed E-state index contributed by atoms with van der Waals surface area (Å²) in [5, 5.41) is 18.2. The van der Waals surface area contributed by atoms with Gasteiger partial charge >= 0.3 is 7.12 Å². The fraction of sp³-hybridized carbons (Fsp3) is 0.0769. The molecule has 0 atom stereocenters. The highest BCUT2D eigenvalue weighted by Gasteiger charge is 2.18. The van der Waals surface area contributed by atoms with E-state index in [1.807, 2.05) is 0 Å². The predicted molar refractivity (Wildman–Crippen MR) is 67.0 cm³/mol. The van der Waals surface area contributed by atoms with Crippen molar-refractivity contribution in [2.75, 3.05) is 0 Å². The van der Waals surface area contributed by atoms with Crippen LogP contribution in [-0.2, 0) is 6.61 Å². The quantitative estimate of drug-likeness (QED) is 0.816. The first-order valence-electron chi connectivity index (χ1n) is 5.59. The van der Waals surface area contributed by atoms with Crippen molar-refractivity contribution in [2.45, 2.75) is 6.61 Å². The van der Waals surface area contributed by atoms with Crippen molar-refractivity contribution < 1.29 is 23.6 Å². The maximum atomic E-state index is 13.4. The molecule has 0 bridgehead atoms. The highest BCUT2D eigenvalue weighted by molar-refractivity contribution is 6.59. The molecule has 0 saturated carbocycles. The van der Waals surface area contributed by atoms with Crippen LogP contribution in [0.15, 0.2) is 42.5 Å². The van der Waals surface area contributed by atoms with Crippen LogP contribution < -0.4 is 10.2 Å². The highest BCUT2D eigenvalue weighted by Crippen LogP contribution is 2.14. The minimum atomic E-state index is -1.86. The van der Waals surface area contributed by atoms with Gasteiger partial charge < -0.3 is 14.8 Å². The highest BCUT2D eigenvalue weighted by atomic mass is 19.1. The van der Waals surface area contributed by atoms with E-state index in [4.69, 9.17) is 14.8 Å². The summed E-state index contributed by atoms with van der Waals surface area (Å²) < 4.78 is 31.7. The van der Waals surface area contributed by atoms with Crippen LogP contribution in [0.2, 0.25) is 0 Å². The Morgan fingerprint density at radius 3 is 2.47 bits per heavy atom. The van der Waals surface area contributed by atoms with Crippen LogP contribution in [0.1, 0.15) is 5.56 Å². The van der Waals surface area contributed by atoms with Crippen molar-refractivity contribution in [3.8, 4) is 5.75 Å². The molecular formula is C13H11BF2O3. The molecule has 19 heavy (non-hydrogen) atoms. The van der Waals surface area contributed by atoms with Crippen LogP contribution in [0.25, 0.3) is 0 Å². The van der Waals surface area contributed by atoms with E-state index >= 15 is 0 Å². The van der Waals surface area contributed by atoms with Crippen LogP contribution in [0.5, 0.6) is 5.75 Å². The topological polar surface area (TPSA) is 49.7 Å². The first kappa shape index (κ1) is 13.5. The van der Waals surface area contributed by atoms with Crippen LogP contribution in [0.3, 0.4) is 0 Å². The molecule has 6 heteroatoms. The standard InChI is InChI=1S/C13H11BF2O3/c15-10-5-6-13(11(7-10)14(17)18)19-8-9-3-1-2-4-12(9)16/h1-7,17-18H,8H2. The summed E-state index contributed by atoms with van der Waals surface area (Å²) in [5.74, 6) is -0.934. The summed E-state index contributed by atoms with van der Waals surface area (Å²) in [7, 11) is -1.86. The number of hydrogen-bond acceptors (Lipinski definition) is 3. The van der Waals surface area contributed by atoms with Gasteiger partial charge in [-0.05, 0) is 24.3 Å². The van der Waals surface area contributed by atoms with E-state index in [9.17, 15) is 8.78 Å². The molecule has 3 nitrogen and oxygen atoms in total. The Kier molecular flexibility index (Phi) is 4.14. The minimum absolute atomic E-state index is 0.0853. The van der Waals surface area contributed by atoms with Crippen molar-refractivity contribution in [3.05, 3.63) is 59.7 Å². The molecule has 0 aliphatic heterocycles. The summed E-state index contributed by atoms with van der Waals surface area (Å²) in [4.78, 5) is 0. The lowest BCUT2D eigenvalue weighted by molar-refractivity contribution is 0.300. The number of rotatable bonds is 4. The average molecular weight is 264 g/mol. The second-order valence-corrected chi connectivity index (χ2v) is 3.94. The lowest BCUT2D eigenvalue weighted by atomic mass is 9.79. The maximum Gasteiger partial charge on any atom is 0.492 e. The molecule has 0 fully saturated rings. The Morgan fingerprint density at radius 1 is 1.05 bits per heavy atom. The number of ether oxygens (including phenoxy) is 1. The SMILES string of the molecule is OB(O)c1cc(F)ccc1OCc1ccccc1F. The molecule has 98 valence electrons. The second-order valence-electron chi connectivity index (χ2n) is 3.94. The van der Waals surface area contributed by atoms with Gasteiger partial charge in [-0.3, -0.25) is 0 Å². The Labute approximate surface area is 109 Å². The molecule has 0 aliphatic rings. The van der Waals surface area contributed by atoms with Gasteiger partial charge in [0.1, 0.15) is 24.0 Å². The molecule has 0 aromatic heterocycles. The summed E-state index contributed by atoms with van der Waals surface area (Å²) in [6, 6.07) is 9.42. The van der Waals surface area contributed by atoms with Crippen LogP contribution in [0.4, 0.5) is 8.78 Å². The first-order valence-corrected chi connectivity index (χ1v) is 5.59. The third kappa shape index (κ3) is 3.30. The van der Waals surface area contributed by atoms with Crippen molar-refractivity contribution in [1.29, 1.82) is 0 Å². The molecule has 0 saturated heterocycles. The fourth-order valence-electron chi connectivity index (χ4n) is 1.62. The second kappa shape index (κ2) is 5.82. The average Bonchev–Trinajstić information content (AvgIpc) is 2.38. The largest absolute Gasteiger partial charge is 0.492 e. The molecule has 0 unspecified atom stereocenters. The van der Waals surface area contributed by atoms with E-state index < -0.39 is 18.8 Å². The minimum Gasteiger partial charge on any atom is -0.489 e. The first-order chi connectivity index (χ1) is 9.08. The van der Waals surface area contributed by atoms with Gasteiger partial charge in [-0.15, -0.1) is 0 Å². The van der Waals surface area contributed by atoms with Crippen LogP contribution in [0, 0.1) is 11.6 Å². The van der Waals surface area contributed by atoms with E-state index in [1.54, 1.807) is 18.2 Å². The van der Waals surface area contributed by atoms with E-state index in [0.717, 1.165) is 12.1 Å². The van der Waals surface area contributed by atoms with Gasteiger partial charge in [-0.25, -0.2) is 8.78 Å². The number of hydrogen-bond donors (Lipinski definition) is 2. The molecular weight excluding hydrogens is 253 g/mol. The fourth-order valence-corrected chi connectivity index (χ4v) is 1.62. The van der Waals surface area contributed by atoms with Gasteiger partial charge in [0.2, 0.25) is 0 Å². The maximum absolute atomic E-state index is 13.4. The third-order valence-electron chi connectivity index (χ3n) is 2.59. The Morgan fingerprint density at radius 2 is 1.79 bits per heavy atom. The third-order valence-corrected chi connectivity index (χ3v) is 2.59. The Bertz CT molecular complexity index is 576. The zero-order valence-electron chi connectivity index (χ0n) is 9.88. The molecule has 2 N–H and O–H groups in total. The molecule has 0 aliphatic carbocycles. The number of benzene rings is 2. The van der Waals surface area contributed by atoms with Crippen molar-refractivity contribution >= 4 is 12.6 Å². The zero-order chi connectivity index (χ0) is 13.8. The van der Waals surface area contributed by atoms with Crippen LogP contribution >= 0.6 is 0 Å². The molecule has 0 spiro atoms. The molecule has 2 aromatic rings. The predicted octanol–water partition coefficient (Wildman–Crippen LogP) is 1.22. The normalized spacial score (nSPS) is 10.3. The van der Waals surface area contributed by atoms with Gasteiger partial charge in [0.15, 0.2) is 0 Å².